The molecule has 2 amide bonds. The van der Waals surface area contributed by atoms with E-state index in [9.17, 15) is 22.8 Å². The molecule has 0 saturated heterocycles. The molecule has 2 aromatic rings. The smallest absolute Gasteiger partial charge is 0.324 e. The molecule has 1 heterocycles. The molecular formula is C21H23N3O6S. The molecule has 0 aromatic heterocycles. The zero-order chi connectivity index (χ0) is 22.6. The molecule has 0 fully saturated rings. The number of hydrogen-bond acceptors (Lipinski definition) is 6. The first-order valence-corrected chi connectivity index (χ1v) is 11.1. The summed E-state index contributed by atoms with van der Waals surface area (Å²) in [5, 5.41) is 2.74. The van der Waals surface area contributed by atoms with E-state index in [1.807, 2.05) is 0 Å². The van der Waals surface area contributed by atoms with Gasteiger partial charge < -0.3 is 15.0 Å². The number of nitrogens with one attached hydrogen (secondary N) is 2. The second-order valence-electron chi connectivity index (χ2n) is 7.15. The average molecular weight is 445 g/mol. The molecule has 2 atom stereocenters. The highest BCUT2D eigenvalue weighted by molar-refractivity contribution is 7.89. The van der Waals surface area contributed by atoms with Gasteiger partial charge in [-0.15, -0.1) is 0 Å². The zero-order valence-corrected chi connectivity index (χ0v) is 17.9. The summed E-state index contributed by atoms with van der Waals surface area (Å²) >= 11 is 0. The van der Waals surface area contributed by atoms with Crippen LogP contribution in [0.4, 0.5) is 11.4 Å². The Morgan fingerprint density at radius 1 is 1.16 bits per heavy atom. The van der Waals surface area contributed by atoms with Crippen molar-refractivity contribution in [2.24, 2.45) is 0 Å². The quantitative estimate of drug-likeness (QED) is 0.652. The van der Waals surface area contributed by atoms with E-state index in [0.29, 0.717) is 11.4 Å². The number of para-hydroxylation sites is 2. The molecule has 0 radical (unpaired) electrons. The summed E-state index contributed by atoms with van der Waals surface area (Å²) in [6, 6.07) is 12.8. The van der Waals surface area contributed by atoms with Crippen LogP contribution >= 0.6 is 0 Å². The fraction of sp³-hybridized carbons (Fsp3) is 0.286. The lowest BCUT2D eigenvalue weighted by Crippen LogP contribution is -2.44. The van der Waals surface area contributed by atoms with Crippen LogP contribution in [-0.4, -0.2) is 44.9 Å². The molecule has 0 spiro atoms. The molecule has 9 nitrogen and oxygen atoms in total. The van der Waals surface area contributed by atoms with Crippen LogP contribution in [0.15, 0.2) is 59.5 Å². The molecule has 0 aliphatic carbocycles. The first kappa shape index (κ1) is 22.4. The largest absolute Gasteiger partial charge is 0.454 e. The molecule has 0 saturated carbocycles. The van der Waals surface area contributed by atoms with E-state index >= 15 is 0 Å². The number of benzene rings is 2. The third-order valence-corrected chi connectivity index (χ3v) is 6.26. The van der Waals surface area contributed by atoms with Crippen LogP contribution in [0, 0.1) is 0 Å². The predicted molar refractivity (Wildman–Crippen MR) is 114 cm³/mol. The Morgan fingerprint density at radius 2 is 1.81 bits per heavy atom. The maximum atomic E-state index is 12.8. The summed E-state index contributed by atoms with van der Waals surface area (Å²) in [5.74, 6) is -1.64. The van der Waals surface area contributed by atoms with Gasteiger partial charge in [0.25, 0.3) is 5.91 Å². The number of carbonyl (C=O) groups excluding carboxylic acids is 3. The maximum Gasteiger partial charge on any atom is 0.324 e. The lowest BCUT2D eigenvalue weighted by molar-refractivity contribution is -0.149. The molecule has 10 heteroatoms. The lowest BCUT2D eigenvalue weighted by atomic mass is 10.1. The molecule has 2 N–H and O–H groups in total. The Bertz CT molecular complexity index is 1090. The SMILES string of the molecule is CC1CC(=O)Nc2ccccc2N1C(=O)COC(=O)[C@H](C)NS(=O)(=O)c1ccccc1. The van der Waals surface area contributed by atoms with Crippen molar-refractivity contribution < 1.29 is 27.5 Å². The molecule has 3 rings (SSSR count). The minimum Gasteiger partial charge on any atom is -0.454 e. The summed E-state index contributed by atoms with van der Waals surface area (Å²) in [6.07, 6.45) is 0.0850. The van der Waals surface area contributed by atoms with Crippen LogP contribution in [-0.2, 0) is 29.1 Å². The van der Waals surface area contributed by atoms with Gasteiger partial charge in [0, 0.05) is 12.5 Å². The number of nitrogens with zero attached hydrogens (tertiary/aromatic N) is 1. The normalized spacial score (nSPS) is 17.2. The summed E-state index contributed by atoms with van der Waals surface area (Å²) in [7, 11) is -3.92. The molecule has 31 heavy (non-hydrogen) atoms. The van der Waals surface area contributed by atoms with Crippen LogP contribution < -0.4 is 14.9 Å². The minimum atomic E-state index is -3.92. The number of hydrogen-bond donors (Lipinski definition) is 2. The number of fused-ring (bicyclic) bond motifs is 1. The van der Waals surface area contributed by atoms with Gasteiger partial charge >= 0.3 is 5.97 Å². The van der Waals surface area contributed by atoms with Crippen molar-refractivity contribution in [1.29, 1.82) is 0 Å². The van der Waals surface area contributed by atoms with E-state index < -0.39 is 40.6 Å². The van der Waals surface area contributed by atoms with E-state index in [1.165, 1.54) is 24.0 Å². The summed E-state index contributed by atoms with van der Waals surface area (Å²) in [6.45, 7) is 2.46. The van der Waals surface area contributed by atoms with Crippen LogP contribution in [0.3, 0.4) is 0 Å². The molecule has 1 aliphatic rings. The van der Waals surface area contributed by atoms with Crippen molar-refractivity contribution in [2.45, 2.75) is 37.2 Å². The lowest BCUT2D eigenvalue weighted by Gasteiger charge is -2.27. The monoisotopic (exact) mass is 445 g/mol. The van der Waals surface area contributed by atoms with Crippen molar-refractivity contribution in [3.8, 4) is 0 Å². The van der Waals surface area contributed by atoms with Crippen molar-refractivity contribution in [3.63, 3.8) is 0 Å². The van der Waals surface area contributed by atoms with E-state index in [1.54, 1.807) is 49.4 Å². The third kappa shape index (κ3) is 5.28. The Balaban J connectivity index is 1.66. The first-order chi connectivity index (χ1) is 14.7. The molecule has 1 aliphatic heterocycles. The Labute approximate surface area is 180 Å². The second kappa shape index (κ2) is 9.27. The third-order valence-electron chi connectivity index (χ3n) is 4.70. The molecule has 0 bridgehead atoms. The van der Waals surface area contributed by atoms with Gasteiger partial charge in [0.15, 0.2) is 6.61 Å². The number of carbonyl (C=O) groups is 3. The summed E-state index contributed by atoms with van der Waals surface area (Å²) in [4.78, 5) is 38.6. The fourth-order valence-corrected chi connectivity index (χ4v) is 4.46. The second-order valence-corrected chi connectivity index (χ2v) is 8.86. The van der Waals surface area contributed by atoms with Gasteiger partial charge in [-0.25, -0.2) is 8.42 Å². The van der Waals surface area contributed by atoms with Gasteiger partial charge in [0.2, 0.25) is 15.9 Å². The van der Waals surface area contributed by atoms with Gasteiger partial charge in [0.05, 0.1) is 16.3 Å². The van der Waals surface area contributed by atoms with Gasteiger partial charge in [0.1, 0.15) is 6.04 Å². The maximum absolute atomic E-state index is 12.8. The van der Waals surface area contributed by atoms with Crippen LogP contribution in [0.1, 0.15) is 20.3 Å². The number of rotatable bonds is 6. The Morgan fingerprint density at radius 3 is 2.52 bits per heavy atom. The van der Waals surface area contributed by atoms with E-state index in [4.69, 9.17) is 4.74 Å². The van der Waals surface area contributed by atoms with Crippen molar-refractivity contribution in [3.05, 3.63) is 54.6 Å². The predicted octanol–water partition coefficient (Wildman–Crippen LogP) is 1.66. The number of anilines is 2. The summed E-state index contributed by atoms with van der Waals surface area (Å²) < 4.78 is 32.0. The number of ether oxygens (including phenoxy) is 1. The van der Waals surface area contributed by atoms with Crippen LogP contribution in [0.2, 0.25) is 0 Å². The van der Waals surface area contributed by atoms with Crippen LogP contribution in [0.5, 0.6) is 0 Å². The highest BCUT2D eigenvalue weighted by Crippen LogP contribution is 2.31. The van der Waals surface area contributed by atoms with Crippen molar-refractivity contribution >= 4 is 39.2 Å². The van der Waals surface area contributed by atoms with Gasteiger partial charge in [-0.1, -0.05) is 30.3 Å². The van der Waals surface area contributed by atoms with Crippen molar-refractivity contribution in [2.75, 3.05) is 16.8 Å². The fourth-order valence-electron chi connectivity index (χ4n) is 3.24. The number of esters is 1. The van der Waals surface area contributed by atoms with E-state index in [-0.39, 0.29) is 17.2 Å². The molecule has 1 unspecified atom stereocenters. The van der Waals surface area contributed by atoms with Gasteiger partial charge in [-0.2, -0.15) is 4.72 Å². The highest BCUT2D eigenvalue weighted by Gasteiger charge is 2.31. The van der Waals surface area contributed by atoms with E-state index in [0.717, 1.165) is 0 Å². The number of amides is 2. The molecule has 2 aromatic carbocycles. The first-order valence-electron chi connectivity index (χ1n) is 9.64. The standard InChI is InChI=1S/C21H23N3O6S/c1-14-12-19(25)22-17-10-6-7-11-18(17)24(14)20(26)13-30-21(27)15(2)23-31(28,29)16-8-4-3-5-9-16/h3-11,14-15,23H,12-13H2,1-2H3,(H,22,25)/t14?,15-/m0/s1. The topological polar surface area (TPSA) is 122 Å². The zero-order valence-electron chi connectivity index (χ0n) is 17.1. The number of sulfonamides is 1. The minimum absolute atomic E-state index is 0.0119. The van der Waals surface area contributed by atoms with Gasteiger partial charge in [-0.3, -0.25) is 14.4 Å². The highest BCUT2D eigenvalue weighted by atomic mass is 32.2. The molecule has 164 valence electrons. The van der Waals surface area contributed by atoms with Crippen molar-refractivity contribution in [1.82, 2.24) is 4.72 Å². The van der Waals surface area contributed by atoms with Gasteiger partial charge in [-0.05, 0) is 38.1 Å². The van der Waals surface area contributed by atoms with Crippen LogP contribution in [0.25, 0.3) is 0 Å². The van der Waals surface area contributed by atoms with E-state index in [2.05, 4.69) is 10.0 Å². The summed E-state index contributed by atoms with van der Waals surface area (Å²) in [5.41, 5.74) is 0.986. The average Bonchev–Trinajstić information content (AvgIpc) is 2.86. The molecular weight excluding hydrogens is 422 g/mol. The Hall–Kier alpha value is -3.24. The Kier molecular flexibility index (Phi) is 6.71.